The lowest BCUT2D eigenvalue weighted by Crippen LogP contribution is -2.18. The van der Waals surface area contributed by atoms with Crippen LogP contribution in [0.2, 0.25) is 5.82 Å². The lowest BCUT2D eigenvalue weighted by Gasteiger charge is -2.26. The Morgan fingerprint density at radius 1 is 1.13 bits per heavy atom. The molecule has 5 heteroatoms. The Morgan fingerprint density at radius 3 is 2.52 bits per heavy atom. The molecule has 2 radical (unpaired) electrons. The average molecular weight is 310 g/mol. The van der Waals surface area contributed by atoms with E-state index in [1.165, 1.54) is 11.1 Å². The Labute approximate surface area is 138 Å². The van der Waals surface area contributed by atoms with Crippen LogP contribution in [-0.2, 0) is 4.74 Å². The molecule has 2 fully saturated rings. The van der Waals surface area contributed by atoms with E-state index in [0.717, 1.165) is 57.1 Å². The summed E-state index contributed by atoms with van der Waals surface area (Å²) in [5.74, 6) is 0.379. The summed E-state index contributed by atoms with van der Waals surface area (Å²) in [6.07, 6.45) is 9.03. The number of aromatic nitrogens is 1. The summed E-state index contributed by atoms with van der Waals surface area (Å²) in [5, 5.41) is 0. The molecule has 2 bridgehead atoms. The summed E-state index contributed by atoms with van der Waals surface area (Å²) in [5.41, 5.74) is 9.43. The molecule has 23 heavy (non-hydrogen) atoms. The van der Waals surface area contributed by atoms with Crippen molar-refractivity contribution in [1.29, 1.82) is 0 Å². The molecule has 3 aliphatic rings. The van der Waals surface area contributed by atoms with Gasteiger partial charge in [0.1, 0.15) is 11.8 Å². The maximum absolute atomic E-state index is 11.7. The molecule has 120 valence electrons. The van der Waals surface area contributed by atoms with Gasteiger partial charge in [-0.1, -0.05) is 31.5 Å². The van der Waals surface area contributed by atoms with Crippen LogP contribution in [0.4, 0.5) is 0 Å². The first-order chi connectivity index (χ1) is 11.1. The molecular formula is C18H23BN2O2. The molecular weight excluding hydrogens is 287 g/mol. The highest BCUT2D eigenvalue weighted by molar-refractivity contribution is 6.11. The van der Waals surface area contributed by atoms with Crippen molar-refractivity contribution in [2.24, 2.45) is 5.73 Å². The fourth-order valence-electron chi connectivity index (χ4n) is 4.56. The van der Waals surface area contributed by atoms with Gasteiger partial charge in [-0.3, -0.25) is 4.79 Å². The smallest absolute Gasteiger partial charge is 0.267 e. The van der Waals surface area contributed by atoms with Crippen LogP contribution in [0.25, 0.3) is 0 Å². The number of pyridine rings is 1. The van der Waals surface area contributed by atoms with E-state index in [9.17, 15) is 4.79 Å². The molecule has 4 rings (SSSR count). The van der Waals surface area contributed by atoms with Gasteiger partial charge in [0, 0.05) is 5.56 Å². The summed E-state index contributed by atoms with van der Waals surface area (Å²) in [4.78, 5) is 16.2. The van der Waals surface area contributed by atoms with Gasteiger partial charge in [0.25, 0.3) is 5.91 Å². The molecule has 4 nitrogen and oxygen atoms in total. The van der Waals surface area contributed by atoms with Gasteiger partial charge >= 0.3 is 0 Å². The first-order valence-corrected chi connectivity index (χ1v) is 8.89. The molecule has 2 aliphatic heterocycles. The number of carbonyl (C=O) groups is 1. The predicted octanol–water partition coefficient (Wildman–Crippen LogP) is 3.48. The largest absolute Gasteiger partial charge is 0.364 e. The Kier molecular flexibility index (Phi) is 3.92. The fraction of sp³-hybridized carbons (Fsp3) is 0.667. The molecule has 1 aliphatic carbocycles. The minimum atomic E-state index is -0.440. The third kappa shape index (κ3) is 2.69. The van der Waals surface area contributed by atoms with E-state index in [1.54, 1.807) is 0 Å². The van der Waals surface area contributed by atoms with E-state index >= 15 is 0 Å². The van der Waals surface area contributed by atoms with Crippen LogP contribution in [0.3, 0.4) is 0 Å². The molecule has 1 saturated carbocycles. The van der Waals surface area contributed by atoms with Crippen molar-refractivity contribution in [2.45, 2.75) is 75.3 Å². The van der Waals surface area contributed by atoms with E-state index in [2.05, 4.69) is 4.98 Å². The molecule has 1 amide bonds. The number of hydrogen-bond acceptors (Lipinski definition) is 3. The molecule has 2 atom stereocenters. The van der Waals surface area contributed by atoms with Gasteiger partial charge in [0.15, 0.2) is 0 Å². The van der Waals surface area contributed by atoms with E-state index in [4.69, 9.17) is 18.3 Å². The van der Waals surface area contributed by atoms with Gasteiger partial charge in [-0.25, -0.2) is 4.98 Å². The molecule has 2 unspecified atom stereocenters. The SMILES string of the molecule is [B]C1CCCC(c2cc(C(N)=O)nc3c2C2CCC3O2)CCC1. The number of rotatable bonds is 2. The summed E-state index contributed by atoms with van der Waals surface area (Å²) >= 11 is 0. The summed E-state index contributed by atoms with van der Waals surface area (Å²) in [6, 6.07) is 1.94. The molecule has 3 heterocycles. The number of carbonyl (C=O) groups excluding carboxylic acids is 1. The number of nitrogens with two attached hydrogens (primary N) is 1. The van der Waals surface area contributed by atoms with Gasteiger partial charge in [0.05, 0.1) is 19.6 Å². The van der Waals surface area contributed by atoms with Crippen molar-refractivity contribution in [1.82, 2.24) is 4.98 Å². The van der Waals surface area contributed by atoms with Crippen LogP contribution in [0, 0.1) is 0 Å². The molecule has 1 aromatic heterocycles. The quantitative estimate of drug-likeness (QED) is 0.850. The number of amides is 1. The second-order valence-electron chi connectivity index (χ2n) is 7.27. The monoisotopic (exact) mass is 310 g/mol. The number of ether oxygens (including phenoxy) is 1. The molecule has 0 aromatic carbocycles. The van der Waals surface area contributed by atoms with Crippen molar-refractivity contribution < 1.29 is 9.53 Å². The van der Waals surface area contributed by atoms with Crippen molar-refractivity contribution in [2.75, 3.05) is 0 Å². The molecule has 0 spiro atoms. The number of nitrogens with zero attached hydrogens (tertiary/aromatic N) is 1. The zero-order valence-corrected chi connectivity index (χ0v) is 13.5. The van der Waals surface area contributed by atoms with Crippen LogP contribution in [0.1, 0.15) is 96.8 Å². The fourth-order valence-corrected chi connectivity index (χ4v) is 4.56. The zero-order chi connectivity index (χ0) is 16.0. The third-order valence-electron chi connectivity index (χ3n) is 5.71. The number of primary amides is 1. The molecule has 1 aromatic rings. The average Bonchev–Trinajstić information content (AvgIpc) is 3.11. The summed E-state index contributed by atoms with van der Waals surface area (Å²) in [6.45, 7) is 0. The summed E-state index contributed by atoms with van der Waals surface area (Å²) in [7, 11) is 6.10. The zero-order valence-electron chi connectivity index (χ0n) is 13.5. The lowest BCUT2D eigenvalue weighted by molar-refractivity contribution is 0.0699. The minimum absolute atomic E-state index is 0.0648. The van der Waals surface area contributed by atoms with Gasteiger partial charge in [-0.15, -0.1) is 0 Å². The normalized spacial score (nSPS) is 33.0. The van der Waals surface area contributed by atoms with Crippen LogP contribution in [-0.4, -0.2) is 18.7 Å². The van der Waals surface area contributed by atoms with Gasteiger partial charge in [0.2, 0.25) is 0 Å². The number of hydrogen-bond donors (Lipinski definition) is 1. The standard InChI is InChI=1S/C18H23BN2O2/c19-11-5-1-3-10(4-2-6-11)12-9-13(18(20)22)21-17-15-8-7-14(23-15)16(12)17/h9-11,14-15H,1-8H2,(H2,20,22). The maximum atomic E-state index is 11.7. The summed E-state index contributed by atoms with van der Waals surface area (Å²) < 4.78 is 6.05. The second-order valence-corrected chi connectivity index (χ2v) is 7.27. The van der Waals surface area contributed by atoms with Gasteiger partial charge in [-0.05, 0) is 43.2 Å². The van der Waals surface area contributed by atoms with Crippen molar-refractivity contribution in [3.63, 3.8) is 0 Å². The van der Waals surface area contributed by atoms with Crippen molar-refractivity contribution >= 4 is 13.8 Å². The van der Waals surface area contributed by atoms with Crippen molar-refractivity contribution in [3.8, 4) is 0 Å². The van der Waals surface area contributed by atoms with E-state index in [1.807, 2.05) is 6.07 Å². The highest BCUT2D eigenvalue weighted by Crippen LogP contribution is 2.53. The first kappa shape index (κ1) is 15.2. The number of fused-ring (bicyclic) bond motifs is 5. The Bertz CT molecular complexity index is 624. The van der Waals surface area contributed by atoms with E-state index < -0.39 is 5.91 Å². The predicted molar refractivity (Wildman–Crippen MR) is 88.5 cm³/mol. The van der Waals surface area contributed by atoms with E-state index in [-0.39, 0.29) is 12.2 Å². The maximum Gasteiger partial charge on any atom is 0.267 e. The van der Waals surface area contributed by atoms with Gasteiger partial charge < -0.3 is 10.5 Å². The van der Waals surface area contributed by atoms with Crippen LogP contribution >= 0.6 is 0 Å². The topological polar surface area (TPSA) is 65.2 Å². The van der Waals surface area contributed by atoms with Crippen LogP contribution < -0.4 is 5.73 Å². The molecule has 2 N–H and O–H groups in total. The van der Waals surface area contributed by atoms with Crippen LogP contribution in [0.15, 0.2) is 6.07 Å². The third-order valence-corrected chi connectivity index (χ3v) is 5.71. The Hall–Kier alpha value is -1.36. The van der Waals surface area contributed by atoms with Crippen LogP contribution in [0.5, 0.6) is 0 Å². The molecule has 1 saturated heterocycles. The van der Waals surface area contributed by atoms with E-state index in [0.29, 0.717) is 17.4 Å². The first-order valence-electron chi connectivity index (χ1n) is 8.89. The minimum Gasteiger partial charge on any atom is -0.364 e. The lowest BCUT2D eigenvalue weighted by atomic mass is 9.73. The highest BCUT2D eigenvalue weighted by Gasteiger charge is 2.42. The Balaban J connectivity index is 1.72. The second kappa shape index (κ2) is 5.93. The highest BCUT2D eigenvalue weighted by atomic mass is 16.5. The Morgan fingerprint density at radius 2 is 1.83 bits per heavy atom. The van der Waals surface area contributed by atoms with Gasteiger partial charge in [-0.2, -0.15) is 0 Å². The van der Waals surface area contributed by atoms with Crippen molar-refractivity contribution in [3.05, 3.63) is 28.6 Å².